The molecule has 2 rings (SSSR count). The molecular formula is C16H21ClN2S. The summed E-state index contributed by atoms with van der Waals surface area (Å²) in [5, 5.41) is 1.91. The van der Waals surface area contributed by atoms with Crippen LogP contribution in [0.15, 0.2) is 24.3 Å². The van der Waals surface area contributed by atoms with Gasteiger partial charge < -0.3 is 5.73 Å². The number of nitrogens with zero attached hydrogens (tertiary/aromatic N) is 1. The van der Waals surface area contributed by atoms with Crippen LogP contribution in [0.25, 0.3) is 0 Å². The van der Waals surface area contributed by atoms with Gasteiger partial charge in [-0.15, -0.1) is 11.3 Å². The fraction of sp³-hybridized carbons (Fsp3) is 0.438. The van der Waals surface area contributed by atoms with Gasteiger partial charge in [0.2, 0.25) is 0 Å². The second-order valence-corrected chi connectivity index (χ2v) is 7.58. The first-order valence-corrected chi connectivity index (χ1v) is 8.03. The molecule has 0 saturated heterocycles. The maximum absolute atomic E-state index is 6.04. The van der Waals surface area contributed by atoms with Crippen LogP contribution in [-0.4, -0.2) is 11.5 Å². The zero-order valence-corrected chi connectivity index (χ0v) is 13.8. The molecule has 4 heteroatoms. The predicted octanol–water partition coefficient (Wildman–Crippen LogP) is 4.19. The summed E-state index contributed by atoms with van der Waals surface area (Å²) in [5.74, 6) is 0. The Balaban J connectivity index is 2.29. The van der Waals surface area contributed by atoms with Crippen molar-refractivity contribution in [2.24, 2.45) is 5.73 Å². The van der Waals surface area contributed by atoms with Crippen molar-refractivity contribution in [1.29, 1.82) is 0 Å². The summed E-state index contributed by atoms with van der Waals surface area (Å²) in [7, 11) is 0. The van der Waals surface area contributed by atoms with Crippen molar-refractivity contribution in [1.82, 2.24) is 4.98 Å². The van der Waals surface area contributed by atoms with Crippen LogP contribution in [0.1, 0.15) is 41.9 Å². The van der Waals surface area contributed by atoms with E-state index in [1.165, 1.54) is 16.1 Å². The van der Waals surface area contributed by atoms with Gasteiger partial charge in [-0.3, -0.25) is 0 Å². The molecule has 108 valence electrons. The molecule has 2 nitrogen and oxygen atoms in total. The number of nitrogens with two attached hydrogens (primary N) is 1. The Morgan fingerprint density at radius 1 is 1.30 bits per heavy atom. The molecule has 0 fully saturated rings. The van der Waals surface area contributed by atoms with E-state index in [0.29, 0.717) is 6.54 Å². The Labute approximate surface area is 130 Å². The lowest BCUT2D eigenvalue weighted by Crippen LogP contribution is -2.15. The first-order chi connectivity index (χ1) is 9.40. The van der Waals surface area contributed by atoms with Crippen LogP contribution in [0.3, 0.4) is 0 Å². The van der Waals surface area contributed by atoms with Gasteiger partial charge in [-0.2, -0.15) is 0 Å². The van der Waals surface area contributed by atoms with E-state index >= 15 is 0 Å². The fourth-order valence-electron chi connectivity index (χ4n) is 2.18. The zero-order valence-electron chi connectivity index (χ0n) is 12.2. The lowest BCUT2D eigenvalue weighted by atomic mass is 9.91. The number of hydrogen-bond acceptors (Lipinski definition) is 3. The van der Waals surface area contributed by atoms with Crippen LogP contribution >= 0.6 is 22.9 Å². The van der Waals surface area contributed by atoms with Gasteiger partial charge in [0.05, 0.1) is 10.7 Å². The van der Waals surface area contributed by atoms with Crippen molar-refractivity contribution in [3.63, 3.8) is 0 Å². The summed E-state index contributed by atoms with van der Waals surface area (Å²) in [6.45, 7) is 7.27. The average Bonchev–Trinajstić information content (AvgIpc) is 2.72. The molecule has 0 bridgehead atoms. The number of thiazole rings is 1. The van der Waals surface area contributed by atoms with Crippen LogP contribution in [0.2, 0.25) is 5.02 Å². The largest absolute Gasteiger partial charge is 0.330 e. The third-order valence-corrected chi connectivity index (χ3v) is 4.42. The predicted molar refractivity (Wildman–Crippen MR) is 87.8 cm³/mol. The number of aromatic nitrogens is 1. The van der Waals surface area contributed by atoms with E-state index in [2.05, 4.69) is 26.8 Å². The van der Waals surface area contributed by atoms with E-state index in [4.69, 9.17) is 22.3 Å². The van der Waals surface area contributed by atoms with E-state index in [9.17, 15) is 0 Å². The third-order valence-electron chi connectivity index (χ3n) is 3.07. The first-order valence-electron chi connectivity index (χ1n) is 6.83. The smallest absolute Gasteiger partial charge is 0.0975 e. The Kier molecular flexibility index (Phi) is 4.84. The Hall–Kier alpha value is -0.900. The minimum atomic E-state index is 0.0631. The fourth-order valence-corrected chi connectivity index (χ4v) is 3.73. The number of hydrogen-bond donors (Lipinski definition) is 1. The molecule has 1 heterocycles. The average molecular weight is 309 g/mol. The topological polar surface area (TPSA) is 38.9 Å². The summed E-state index contributed by atoms with van der Waals surface area (Å²) in [6, 6.07) is 7.97. The molecule has 20 heavy (non-hydrogen) atoms. The molecule has 0 saturated carbocycles. The van der Waals surface area contributed by atoms with Gasteiger partial charge in [-0.05, 0) is 30.7 Å². The van der Waals surface area contributed by atoms with Gasteiger partial charge in [-0.1, -0.05) is 44.5 Å². The SMILES string of the molecule is CC(C)(C)c1nc(Cc2cccc(Cl)c2)sc1CCN. The van der Waals surface area contributed by atoms with Crippen molar-refractivity contribution in [2.75, 3.05) is 6.54 Å². The van der Waals surface area contributed by atoms with Gasteiger partial charge in [0.15, 0.2) is 0 Å². The van der Waals surface area contributed by atoms with Gasteiger partial charge in [-0.25, -0.2) is 4.98 Å². The molecule has 1 aromatic heterocycles. The lowest BCUT2D eigenvalue weighted by molar-refractivity contribution is 0.564. The Morgan fingerprint density at radius 2 is 2.05 bits per heavy atom. The standard InChI is InChI=1S/C16H21ClN2S/c1-16(2,3)15-13(7-8-18)20-14(19-15)10-11-5-4-6-12(17)9-11/h4-6,9H,7-8,10,18H2,1-3H3. The minimum absolute atomic E-state index is 0.0631. The molecule has 0 aliphatic heterocycles. The molecule has 1 aromatic carbocycles. The molecule has 0 amide bonds. The molecule has 0 aliphatic rings. The molecule has 0 spiro atoms. The van der Waals surface area contributed by atoms with E-state index in [-0.39, 0.29) is 5.41 Å². The summed E-state index contributed by atoms with van der Waals surface area (Å²) in [6.07, 6.45) is 1.73. The maximum Gasteiger partial charge on any atom is 0.0975 e. The van der Waals surface area contributed by atoms with Gasteiger partial charge >= 0.3 is 0 Å². The van der Waals surface area contributed by atoms with Crippen molar-refractivity contribution in [3.05, 3.63) is 50.4 Å². The van der Waals surface area contributed by atoms with Crippen LogP contribution in [0, 0.1) is 0 Å². The zero-order chi connectivity index (χ0) is 14.8. The molecule has 2 aromatic rings. The van der Waals surface area contributed by atoms with Crippen LogP contribution in [0.5, 0.6) is 0 Å². The van der Waals surface area contributed by atoms with Crippen LogP contribution in [0.4, 0.5) is 0 Å². The van der Waals surface area contributed by atoms with E-state index in [0.717, 1.165) is 22.9 Å². The molecule has 0 atom stereocenters. The Morgan fingerprint density at radius 3 is 2.65 bits per heavy atom. The number of benzene rings is 1. The van der Waals surface area contributed by atoms with Gasteiger partial charge in [0, 0.05) is 21.7 Å². The maximum atomic E-state index is 6.04. The molecular weight excluding hydrogens is 288 g/mol. The molecule has 2 N–H and O–H groups in total. The lowest BCUT2D eigenvalue weighted by Gasteiger charge is -2.17. The van der Waals surface area contributed by atoms with E-state index in [1.54, 1.807) is 11.3 Å². The van der Waals surface area contributed by atoms with Gasteiger partial charge in [0.25, 0.3) is 0 Å². The first kappa shape index (κ1) is 15.5. The highest BCUT2D eigenvalue weighted by atomic mass is 35.5. The normalized spacial score (nSPS) is 11.8. The van der Waals surface area contributed by atoms with Crippen molar-refractivity contribution in [3.8, 4) is 0 Å². The van der Waals surface area contributed by atoms with Crippen LogP contribution in [-0.2, 0) is 18.3 Å². The van der Waals surface area contributed by atoms with Crippen molar-refractivity contribution in [2.45, 2.75) is 39.0 Å². The second-order valence-electron chi connectivity index (χ2n) is 5.97. The highest BCUT2D eigenvalue weighted by Gasteiger charge is 2.22. The summed E-state index contributed by atoms with van der Waals surface area (Å²) < 4.78 is 0. The summed E-state index contributed by atoms with van der Waals surface area (Å²) in [5.41, 5.74) is 8.16. The van der Waals surface area contributed by atoms with Crippen molar-refractivity contribution < 1.29 is 0 Å². The monoisotopic (exact) mass is 308 g/mol. The van der Waals surface area contributed by atoms with Crippen LogP contribution < -0.4 is 5.73 Å². The number of rotatable bonds is 4. The third kappa shape index (κ3) is 3.81. The van der Waals surface area contributed by atoms with Gasteiger partial charge in [0.1, 0.15) is 0 Å². The quantitative estimate of drug-likeness (QED) is 0.920. The number of halogens is 1. The minimum Gasteiger partial charge on any atom is -0.330 e. The molecule has 0 radical (unpaired) electrons. The van der Waals surface area contributed by atoms with E-state index in [1.807, 2.05) is 18.2 Å². The molecule has 0 aliphatic carbocycles. The highest BCUT2D eigenvalue weighted by Crippen LogP contribution is 2.31. The van der Waals surface area contributed by atoms with Crippen molar-refractivity contribution >= 4 is 22.9 Å². The molecule has 0 unspecified atom stereocenters. The second kappa shape index (κ2) is 6.25. The highest BCUT2D eigenvalue weighted by molar-refractivity contribution is 7.11. The summed E-state index contributed by atoms with van der Waals surface area (Å²) >= 11 is 7.81. The summed E-state index contributed by atoms with van der Waals surface area (Å²) in [4.78, 5) is 6.16. The Bertz CT molecular complexity index is 584. The van der Waals surface area contributed by atoms with E-state index < -0.39 is 0 Å².